The van der Waals surface area contributed by atoms with E-state index in [4.69, 9.17) is 0 Å². The SMILES string of the molecule is O=CNS(=O)(=O)C1(CCCCCCn2c(=O)[nH]c3ccccc32)CC1. The third kappa shape index (κ3) is 3.63. The van der Waals surface area contributed by atoms with Crippen molar-refractivity contribution in [2.24, 2.45) is 0 Å². The first-order valence-corrected chi connectivity index (χ1v) is 10.1. The van der Waals surface area contributed by atoms with E-state index in [1.165, 1.54) is 0 Å². The van der Waals surface area contributed by atoms with E-state index in [0.29, 0.717) is 25.8 Å². The van der Waals surface area contributed by atoms with Crippen LogP contribution in [0.4, 0.5) is 0 Å². The van der Waals surface area contributed by atoms with E-state index < -0.39 is 14.8 Å². The highest BCUT2D eigenvalue weighted by atomic mass is 32.2. The lowest BCUT2D eigenvalue weighted by atomic mass is 10.1. The Kier molecular flexibility index (Phi) is 4.99. The third-order valence-corrected chi connectivity index (χ3v) is 7.19. The Morgan fingerprint density at radius 2 is 1.88 bits per heavy atom. The molecule has 2 aromatic rings. The van der Waals surface area contributed by atoms with E-state index in [9.17, 15) is 18.0 Å². The summed E-state index contributed by atoms with van der Waals surface area (Å²) in [4.78, 5) is 25.2. The minimum atomic E-state index is -3.52. The second-order valence-electron chi connectivity index (χ2n) is 6.69. The zero-order valence-corrected chi connectivity index (χ0v) is 14.8. The van der Waals surface area contributed by atoms with Gasteiger partial charge in [-0.05, 0) is 37.8 Å². The molecule has 1 amide bonds. The molecule has 8 heteroatoms. The van der Waals surface area contributed by atoms with Crippen molar-refractivity contribution in [1.29, 1.82) is 0 Å². The molecule has 0 unspecified atom stereocenters. The molecule has 1 aromatic heterocycles. The maximum atomic E-state index is 12.0. The lowest BCUT2D eigenvalue weighted by molar-refractivity contribution is -0.108. The zero-order chi connectivity index (χ0) is 17.9. The Morgan fingerprint density at radius 1 is 1.16 bits per heavy atom. The Labute approximate surface area is 146 Å². The van der Waals surface area contributed by atoms with E-state index in [2.05, 4.69) is 4.98 Å². The lowest BCUT2D eigenvalue weighted by Gasteiger charge is -2.14. The predicted molar refractivity (Wildman–Crippen MR) is 95.7 cm³/mol. The molecule has 1 fully saturated rings. The summed E-state index contributed by atoms with van der Waals surface area (Å²) in [5, 5.41) is 0. The van der Waals surface area contributed by atoms with Crippen LogP contribution in [0.5, 0.6) is 0 Å². The van der Waals surface area contributed by atoms with Crippen LogP contribution >= 0.6 is 0 Å². The van der Waals surface area contributed by atoms with Gasteiger partial charge in [0.05, 0.1) is 15.8 Å². The first kappa shape index (κ1) is 17.7. The van der Waals surface area contributed by atoms with Gasteiger partial charge in [-0.2, -0.15) is 0 Å². The minimum Gasteiger partial charge on any atom is -0.306 e. The number of nitrogens with one attached hydrogen (secondary N) is 2. The highest BCUT2D eigenvalue weighted by Crippen LogP contribution is 2.47. The van der Waals surface area contributed by atoms with Crippen molar-refractivity contribution in [2.75, 3.05) is 0 Å². The van der Waals surface area contributed by atoms with Crippen LogP contribution in [0.2, 0.25) is 0 Å². The summed E-state index contributed by atoms with van der Waals surface area (Å²) < 4.78 is 26.9. The standard InChI is InChI=1S/C17H23N3O4S/c21-13-18-25(23,24)17(10-11-17)9-5-1-2-6-12-20-15-8-4-3-7-14(15)19-16(20)22/h3-4,7-8,13H,1-2,5-6,9-12H2,(H,18,21)(H,19,22). The van der Waals surface area contributed by atoms with Crippen molar-refractivity contribution in [3.8, 4) is 0 Å². The van der Waals surface area contributed by atoms with Crippen molar-refractivity contribution >= 4 is 27.5 Å². The molecule has 1 heterocycles. The number of fused-ring (bicyclic) bond motifs is 1. The molecular formula is C17H23N3O4S. The summed E-state index contributed by atoms with van der Waals surface area (Å²) in [5.41, 5.74) is 1.66. The van der Waals surface area contributed by atoms with Gasteiger partial charge in [0.2, 0.25) is 16.4 Å². The number of aryl methyl sites for hydroxylation is 1. The zero-order valence-electron chi connectivity index (χ0n) is 14.0. The van der Waals surface area contributed by atoms with Crippen LogP contribution in [0.25, 0.3) is 11.0 Å². The number of carbonyl (C=O) groups excluding carboxylic acids is 1. The van der Waals surface area contributed by atoms with Crippen molar-refractivity contribution in [3.63, 3.8) is 0 Å². The maximum Gasteiger partial charge on any atom is 0.326 e. The maximum absolute atomic E-state index is 12.0. The fourth-order valence-electron chi connectivity index (χ4n) is 3.38. The number of H-pyrrole nitrogens is 1. The number of benzene rings is 1. The second kappa shape index (κ2) is 7.03. The lowest BCUT2D eigenvalue weighted by Crippen LogP contribution is -2.35. The molecule has 1 aliphatic rings. The number of rotatable bonds is 10. The molecular weight excluding hydrogens is 342 g/mol. The van der Waals surface area contributed by atoms with Crippen LogP contribution in [0, 0.1) is 0 Å². The molecule has 7 nitrogen and oxygen atoms in total. The first-order chi connectivity index (χ1) is 12.0. The molecule has 3 rings (SSSR count). The van der Waals surface area contributed by atoms with Gasteiger partial charge in [-0.1, -0.05) is 31.4 Å². The van der Waals surface area contributed by atoms with Crippen molar-refractivity contribution in [1.82, 2.24) is 14.3 Å². The number of unbranched alkanes of at least 4 members (excludes halogenated alkanes) is 3. The van der Waals surface area contributed by atoms with Gasteiger partial charge in [0.1, 0.15) is 0 Å². The topological polar surface area (TPSA) is 101 Å². The molecule has 0 aliphatic heterocycles. The Balaban J connectivity index is 1.44. The Morgan fingerprint density at radius 3 is 2.60 bits per heavy atom. The number of aromatic nitrogens is 2. The number of hydrogen-bond donors (Lipinski definition) is 2. The van der Waals surface area contributed by atoms with Gasteiger partial charge in [0.25, 0.3) is 0 Å². The van der Waals surface area contributed by atoms with Crippen molar-refractivity contribution in [2.45, 2.75) is 56.2 Å². The first-order valence-electron chi connectivity index (χ1n) is 8.62. The normalized spacial score (nSPS) is 16.0. The highest BCUT2D eigenvalue weighted by Gasteiger charge is 2.53. The summed E-state index contributed by atoms with van der Waals surface area (Å²) in [5.74, 6) is 0. The molecule has 1 aromatic carbocycles. The van der Waals surface area contributed by atoms with Crippen molar-refractivity contribution in [3.05, 3.63) is 34.7 Å². The number of aromatic amines is 1. The smallest absolute Gasteiger partial charge is 0.306 e. The Bertz CT molecular complexity index is 909. The highest BCUT2D eigenvalue weighted by molar-refractivity contribution is 7.91. The van der Waals surface area contributed by atoms with Gasteiger partial charge in [0, 0.05) is 6.54 Å². The van der Waals surface area contributed by atoms with Crippen LogP contribution in [-0.4, -0.2) is 29.1 Å². The third-order valence-electron chi connectivity index (χ3n) is 5.03. The van der Waals surface area contributed by atoms with Crippen LogP contribution in [0.1, 0.15) is 44.9 Å². The van der Waals surface area contributed by atoms with Gasteiger partial charge in [-0.15, -0.1) is 0 Å². The fourth-order valence-corrected chi connectivity index (χ4v) is 4.81. The quantitative estimate of drug-likeness (QED) is 0.496. The van der Waals surface area contributed by atoms with Gasteiger partial charge in [-0.3, -0.25) is 14.1 Å². The monoisotopic (exact) mass is 365 g/mol. The van der Waals surface area contributed by atoms with Crippen LogP contribution in [0.3, 0.4) is 0 Å². The molecule has 1 aliphatic carbocycles. The largest absolute Gasteiger partial charge is 0.326 e. The summed E-state index contributed by atoms with van der Waals surface area (Å²) in [6, 6.07) is 7.62. The molecule has 0 bridgehead atoms. The summed E-state index contributed by atoms with van der Waals surface area (Å²) in [6.45, 7) is 0.652. The Hall–Kier alpha value is -2.09. The number of hydrogen-bond acceptors (Lipinski definition) is 4. The summed E-state index contributed by atoms with van der Waals surface area (Å²) >= 11 is 0. The van der Waals surface area contributed by atoms with Gasteiger partial charge >= 0.3 is 5.69 Å². The number of nitrogens with zero attached hydrogens (tertiary/aromatic N) is 1. The molecule has 2 N–H and O–H groups in total. The molecule has 1 saturated carbocycles. The van der Waals surface area contributed by atoms with E-state index in [-0.39, 0.29) is 12.1 Å². The van der Waals surface area contributed by atoms with Crippen LogP contribution in [-0.2, 0) is 21.4 Å². The molecule has 136 valence electrons. The molecule has 0 atom stereocenters. The van der Waals surface area contributed by atoms with Crippen LogP contribution < -0.4 is 10.4 Å². The molecule has 0 saturated heterocycles. The van der Waals surface area contributed by atoms with E-state index in [1.807, 2.05) is 29.0 Å². The van der Waals surface area contributed by atoms with E-state index in [1.54, 1.807) is 4.57 Å². The number of amides is 1. The second-order valence-corrected chi connectivity index (χ2v) is 8.79. The molecule has 25 heavy (non-hydrogen) atoms. The van der Waals surface area contributed by atoms with Gasteiger partial charge in [0.15, 0.2) is 0 Å². The average Bonchev–Trinajstić information content (AvgIpc) is 3.30. The minimum absolute atomic E-state index is 0.0934. The predicted octanol–water partition coefficient (Wildman–Crippen LogP) is 1.89. The average molecular weight is 365 g/mol. The van der Waals surface area contributed by atoms with Gasteiger partial charge < -0.3 is 4.98 Å². The van der Waals surface area contributed by atoms with E-state index in [0.717, 1.165) is 36.7 Å². The number of sulfonamides is 1. The fraction of sp³-hybridized carbons (Fsp3) is 0.529. The molecule has 0 spiro atoms. The van der Waals surface area contributed by atoms with Crippen molar-refractivity contribution < 1.29 is 13.2 Å². The van der Waals surface area contributed by atoms with Crippen LogP contribution in [0.15, 0.2) is 29.1 Å². The summed E-state index contributed by atoms with van der Waals surface area (Å²) in [7, 11) is -3.52. The number of imidazole rings is 1. The van der Waals surface area contributed by atoms with Gasteiger partial charge in [-0.25, -0.2) is 13.2 Å². The summed E-state index contributed by atoms with van der Waals surface area (Å²) in [6.07, 6.45) is 5.61. The molecule has 0 radical (unpaired) electrons. The van der Waals surface area contributed by atoms with E-state index >= 15 is 0 Å². The number of carbonyl (C=O) groups is 1. The number of para-hydroxylation sites is 2.